The van der Waals surface area contributed by atoms with Gasteiger partial charge in [0, 0.05) is 39.4 Å². The van der Waals surface area contributed by atoms with Crippen molar-refractivity contribution in [3.63, 3.8) is 0 Å². The Balaban J connectivity index is 2.24. The van der Waals surface area contributed by atoms with E-state index in [-0.39, 0.29) is 25.2 Å². The Morgan fingerprint density at radius 1 is 0.978 bits per heavy atom. The van der Waals surface area contributed by atoms with Gasteiger partial charge < -0.3 is 30.6 Å². The summed E-state index contributed by atoms with van der Waals surface area (Å²) in [6.45, 7) is 8.90. The molecular weight excluding hydrogens is 580 g/mol. The van der Waals surface area contributed by atoms with Crippen molar-refractivity contribution in [1.82, 2.24) is 20.4 Å². The van der Waals surface area contributed by atoms with E-state index in [4.69, 9.17) is 6.42 Å². The summed E-state index contributed by atoms with van der Waals surface area (Å²) in [5.74, 6) is 6.62. The summed E-state index contributed by atoms with van der Waals surface area (Å²) in [7, 11) is 1.75. The molecule has 1 saturated carbocycles. The van der Waals surface area contributed by atoms with Crippen LogP contribution in [0.25, 0.3) is 0 Å². The SMILES string of the molecule is C#CCC(O)[C@H](O)C(CC1CCCCC1)NC(=O)[C@H](CC#CC)NC(=O)C(CC(=O)N(C)CCN(CC)CC)Cc1ccccc1. The lowest BCUT2D eigenvalue weighted by atomic mass is 9.82. The van der Waals surface area contributed by atoms with E-state index in [2.05, 4.69) is 47.1 Å². The number of aliphatic hydroxyl groups is 2. The highest BCUT2D eigenvalue weighted by molar-refractivity contribution is 5.91. The normalized spacial score (nSPS) is 16.6. The van der Waals surface area contributed by atoms with E-state index in [1.807, 2.05) is 30.3 Å². The second-order valence-electron chi connectivity index (χ2n) is 12.4. The molecule has 3 amide bonds. The van der Waals surface area contributed by atoms with Crippen molar-refractivity contribution in [1.29, 1.82) is 0 Å². The summed E-state index contributed by atoms with van der Waals surface area (Å²) < 4.78 is 0. The number of nitrogens with one attached hydrogen (secondary N) is 2. The Hall–Kier alpha value is -3.37. The molecule has 0 spiro atoms. The molecule has 0 radical (unpaired) electrons. The Labute approximate surface area is 276 Å². The molecule has 4 N–H and O–H groups in total. The summed E-state index contributed by atoms with van der Waals surface area (Å²) in [5, 5.41) is 27.3. The molecule has 3 unspecified atom stereocenters. The largest absolute Gasteiger partial charge is 0.389 e. The summed E-state index contributed by atoms with van der Waals surface area (Å²) in [6, 6.07) is 7.76. The molecule has 1 fully saturated rings. The lowest BCUT2D eigenvalue weighted by molar-refractivity contribution is -0.137. The van der Waals surface area contributed by atoms with Crippen LogP contribution in [0.3, 0.4) is 0 Å². The maximum atomic E-state index is 13.8. The fourth-order valence-electron chi connectivity index (χ4n) is 6.04. The van der Waals surface area contributed by atoms with E-state index >= 15 is 0 Å². The van der Waals surface area contributed by atoms with E-state index in [1.165, 1.54) is 0 Å². The van der Waals surface area contributed by atoms with Crippen molar-refractivity contribution in [2.45, 2.75) is 109 Å². The number of terminal acetylenes is 1. The van der Waals surface area contributed by atoms with Gasteiger partial charge in [-0.3, -0.25) is 14.4 Å². The summed E-state index contributed by atoms with van der Waals surface area (Å²) in [4.78, 5) is 44.8. The second-order valence-corrected chi connectivity index (χ2v) is 12.4. The van der Waals surface area contributed by atoms with Crippen LogP contribution in [0.2, 0.25) is 0 Å². The maximum absolute atomic E-state index is 13.8. The van der Waals surface area contributed by atoms with Gasteiger partial charge in [0.1, 0.15) is 12.1 Å². The molecule has 1 aliphatic carbocycles. The number of hydrogen-bond donors (Lipinski definition) is 4. The third-order valence-corrected chi connectivity index (χ3v) is 9.08. The van der Waals surface area contributed by atoms with E-state index in [0.29, 0.717) is 25.3 Å². The molecule has 1 aromatic carbocycles. The number of amides is 3. The van der Waals surface area contributed by atoms with Crippen LogP contribution in [0.1, 0.15) is 84.1 Å². The van der Waals surface area contributed by atoms with Gasteiger partial charge in [-0.1, -0.05) is 76.3 Å². The number of carbonyl (C=O) groups is 3. The first-order valence-electron chi connectivity index (χ1n) is 16.9. The van der Waals surface area contributed by atoms with Gasteiger partial charge in [0.2, 0.25) is 17.7 Å². The molecule has 0 bridgehead atoms. The Bertz CT molecular complexity index is 1160. The maximum Gasteiger partial charge on any atom is 0.243 e. The number of hydrogen-bond acceptors (Lipinski definition) is 6. The van der Waals surface area contributed by atoms with Crippen LogP contribution in [0.15, 0.2) is 30.3 Å². The van der Waals surface area contributed by atoms with Crippen molar-refractivity contribution < 1.29 is 24.6 Å². The van der Waals surface area contributed by atoms with Gasteiger partial charge in [0.05, 0.1) is 18.1 Å². The van der Waals surface area contributed by atoms with Crippen molar-refractivity contribution >= 4 is 17.7 Å². The number of aliphatic hydroxyl groups excluding tert-OH is 2. The first-order valence-corrected chi connectivity index (χ1v) is 16.9. The summed E-state index contributed by atoms with van der Waals surface area (Å²) in [5.41, 5.74) is 0.911. The molecule has 0 aromatic heterocycles. The molecule has 5 atom stereocenters. The monoisotopic (exact) mass is 636 g/mol. The third kappa shape index (κ3) is 13.5. The van der Waals surface area contributed by atoms with Gasteiger partial charge in [-0.05, 0) is 44.3 Å². The molecule has 1 aromatic rings. The molecule has 9 heteroatoms. The minimum absolute atomic E-state index is 0.00935. The number of benzene rings is 1. The van der Waals surface area contributed by atoms with Crippen LogP contribution in [0, 0.1) is 36.0 Å². The van der Waals surface area contributed by atoms with Crippen molar-refractivity contribution in [3.05, 3.63) is 35.9 Å². The van der Waals surface area contributed by atoms with Gasteiger partial charge in [-0.15, -0.1) is 24.2 Å². The zero-order valence-electron chi connectivity index (χ0n) is 28.3. The van der Waals surface area contributed by atoms with Crippen LogP contribution >= 0.6 is 0 Å². The number of carbonyl (C=O) groups excluding carboxylic acids is 3. The Morgan fingerprint density at radius 2 is 1.65 bits per heavy atom. The van der Waals surface area contributed by atoms with Gasteiger partial charge in [0.25, 0.3) is 0 Å². The zero-order valence-corrected chi connectivity index (χ0v) is 28.3. The Morgan fingerprint density at radius 3 is 2.26 bits per heavy atom. The molecule has 0 heterocycles. The number of nitrogens with zero attached hydrogens (tertiary/aromatic N) is 2. The third-order valence-electron chi connectivity index (χ3n) is 9.08. The standard InChI is InChI=1S/C37H56N4O5/c1-6-10-22-31(37(46)39-32(35(44)33(42)17-7-2)26-29-20-15-12-16-21-29)38-36(45)30(25-28-18-13-11-14-19-28)27-34(43)40(5)23-24-41(8-3)9-4/h2,11,13-14,18-19,29-33,35,42,44H,8-9,12,15-17,20-27H2,1,3-5H3,(H,38,45)(H,39,46)/t30?,31-,32?,33?,35+/m0/s1. The highest BCUT2D eigenvalue weighted by atomic mass is 16.3. The molecule has 0 aliphatic heterocycles. The fraction of sp³-hybridized carbons (Fsp3) is 0.649. The quantitative estimate of drug-likeness (QED) is 0.173. The minimum Gasteiger partial charge on any atom is -0.389 e. The smallest absolute Gasteiger partial charge is 0.243 e. The average molecular weight is 637 g/mol. The number of rotatable bonds is 19. The van der Waals surface area contributed by atoms with Crippen molar-refractivity contribution in [2.24, 2.45) is 11.8 Å². The molecule has 0 saturated heterocycles. The average Bonchev–Trinajstić information content (AvgIpc) is 3.06. The van der Waals surface area contributed by atoms with Gasteiger partial charge in [0.15, 0.2) is 0 Å². The minimum atomic E-state index is -1.26. The van der Waals surface area contributed by atoms with Crippen LogP contribution in [0.4, 0.5) is 0 Å². The highest BCUT2D eigenvalue weighted by Gasteiger charge is 2.34. The van der Waals surface area contributed by atoms with Crippen molar-refractivity contribution in [2.75, 3.05) is 33.2 Å². The highest BCUT2D eigenvalue weighted by Crippen LogP contribution is 2.28. The van der Waals surface area contributed by atoms with E-state index in [1.54, 1.807) is 18.9 Å². The lowest BCUT2D eigenvalue weighted by Gasteiger charge is -2.33. The van der Waals surface area contributed by atoms with Gasteiger partial charge in [-0.25, -0.2) is 0 Å². The Kier molecular flexibility index (Phi) is 18.1. The second kappa shape index (κ2) is 21.4. The predicted molar refractivity (Wildman–Crippen MR) is 182 cm³/mol. The van der Waals surface area contributed by atoms with E-state index < -0.39 is 42.0 Å². The van der Waals surface area contributed by atoms with Crippen LogP contribution in [-0.2, 0) is 20.8 Å². The van der Waals surface area contributed by atoms with Gasteiger partial charge >= 0.3 is 0 Å². The molecule has 254 valence electrons. The van der Waals surface area contributed by atoms with Crippen LogP contribution in [0.5, 0.6) is 0 Å². The van der Waals surface area contributed by atoms with E-state index in [9.17, 15) is 24.6 Å². The number of likely N-dealkylation sites (N-methyl/N-ethyl adjacent to an activating group) is 2. The fourth-order valence-corrected chi connectivity index (χ4v) is 6.04. The molecule has 46 heavy (non-hydrogen) atoms. The van der Waals surface area contributed by atoms with Crippen LogP contribution in [-0.4, -0.2) is 95.3 Å². The first-order chi connectivity index (χ1) is 22.1. The topological polar surface area (TPSA) is 122 Å². The molecule has 9 nitrogen and oxygen atoms in total. The predicted octanol–water partition coefficient (Wildman–Crippen LogP) is 3.13. The van der Waals surface area contributed by atoms with Crippen molar-refractivity contribution in [3.8, 4) is 24.2 Å². The summed E-state index contributed by atoms with van der Waals surface area (Å²) in [6.07, 6.45) is 9.10. The molecular formula is C37H56N4O5. The molecule has 1 aliphatic rings. The van der Waals surface area contributed by atoms with Gasteiger partial charge in [-0.2, -0.15) is 0 Å². The van der Waals surface area contributed by atoms with Crippen LogP contribution < -0.4 is 10.6 Å². The lowest BCUT2D eigenvalue weighted by Crippen LogP contribution is -2.55. The van der Waals surface area contributed by atoms with E-state index in [0.717, 1.165) is 57.3 Å². The first kappa shape index (κ1) is 38.8. The zero-order chi connectivity index (χ0) is 33.9. The summed E-state index contributed by atoms with van der Waals surface area (Å²) >= 11 is 0. The molecule has 2 rings (SSSR count).